The van der Waals surface area contributed by atoms with Crippen LogP contribution in [0.2, 0.25) is 0 Å². The molecule has 0 unspecified atom stereocenters. The molecule has 0 aliphatic heterocycles. The Morgan fingerprint density at radius 1 is 1.38 bits per heavy atom. The Hall–Kier alpha value is -1.02. The Kier molecular flexibility index (Phi) is 3.83. The Balaban J connectivity index is 2.07. The minimum Gasteiger partial charge on any atom is -0.490 e. The molecule has 88 valence electrons. The average Bonchev–Trinajstić information content (AvgIpc) is 2.22. The van der Waals surface area contributed by atoms with E-state index in [1.54, 1.807) is 0 Å². The van der Waals surface area contributed by atoms with Gasteiger partial charge in [-0.2, -0.15) is 0 Å². The minimum atomic E-state index is 0.458. The fourth-order valence-electron chi connectivity index (χ4n) is 1.98. The van der Waals surface area contributed by atoms with E-state index in [9.17, 15) is 0 Å². The highest BCUT2D eigenvalue weighted by Gasteiger charge is 2.20. The molecule has 2 heteroatoms. The summed E-state index contributed by atoms with van der Waals surface area (Å²) in [5.74, 6) is 1.07. The van der Waals surface area contributed by atoms with Gasteiger partial charge in [0, 0.05) is 0 Å². The molecule has 0 radical (unpaired) electrons. The molecule has 0 saturated heterocycles. The van der Waals surface area contributed by atoms with Crippen molar-refractivity contribution in [1.29, 1.82) is 0 Å². The van der Waals surface area contributed by atoms with Crippen molar-refractivity contribution in [2.45, 2.75) is 45.1 Å². The van der Waals surface area contributed by atoms with E-state index in [4.69, 9.17) is 10.5 Å². The number of aryl methyl sites for hydroxylation is 2. The first-order valence-corrected chi connectivity index (χ1v) is 6.26. The van der Waals surface area contributed by atoms with E-state index in [1.165, 1.54) is 30.4 Å². The SMILES string of the molecule is Cc1ccc(OC2CCC2)c(CCCN)c1. The third-order valence-electron chi connectivity index (χ3n) is 3.21. The first-order valence-electron chi connectivity index (χ1n) is 6.26. The minimum absolute atomic E-state index is 0.458. The number of hydrogen-bond acceptors (Lipinski definition) is 2. The highest BCUT2D eigenvalue weighted by molar-refractivity contribution is 5.37. The maximum atomic E-state index is 5.99. The van der Waals surface area contributed by atoms with E-state index in [2.05, 4.69) is 25.1 Å². The third kappa shape index (κ3) is 2.76. The van der Waals surface area contributed by atoms with Crippen molar-refractivity contribution in [2.75, 3.05) is 6.54 Å². The van der Waals surface area contributed by atoms with Crippen molar-refractivity contribution in [3.8, 4) is 5.75 Å². The predicted octanol–water partition coefficient (Wildman–Crippen LogP) is 2.82. The molecule has 1 aromatic carbocycles. The van der Waals surface area contributed by atoms with Crippen LogP contribution in [0.1, 0.15) is 36.8 Å². The molecule has 0 spiro atoms. The molecular formula is C14H21NO. The van der Waals surface area contributed by atoms with Crippen molar-refractivity contribution in [2.24, 2.45) is 5.73 Å². The lowest BCUT2D eigenvalue weighted by Gasteiger charge is -2.27. The topological polar surface area (TPSA) is 35.2 Å². The third-order valence-corrected chi connectivity index (χ3v) is 3.21. The Morgan fingerprint density at radius 3 is 2.81 bits per heavy atom. The van der Waals surface area contributed by atoms with E-state index in [-0.39, 0.29) is 0 Å². The summed E-state index contributed by atoms with van der Waals surface area (Å²) in [5.41, 5.74) is 8.18. The van der Waals surface area contributed by atoms with Crippen molar-refractivity contribution in [1.82, 2.24) is 0 Å². The Morgan fingerprint density at radius 2 is 2.19 bits per heavy atom. The van der Waals surface area contributed by atoms with Gasteiger partial charge in [-0.3, -0.25) is 0 Å². The first kappa shape index (κ1) is 11.5. The van der Waals surface area contributed by atoms with Gasteiger partial charge in [-0.1, -0.05) is 17.7 Å². The lowest BCUT2D eigenvalue weighted by atomic mass is 9.96. The molecule has 2 nitrogen and oxygen atoms in total. The van der Waals surface area contributed by atoms with Gasteiger partial charge in [-0.15, -0.1) is 0 Å². The maximum Gasteiger partial charge on any atom is 0.122 e. The van der Waals surface area contributed by atoms with Crippen LogP contribution < -0.4 is 10.5 Å². The largest absolute Gasteiger partial charge is 0.490 e. The van der Waals surface area contributed by atoms with Gasteiger partial charge >= 0.3 is 0 Å². The zero-order valence-electron chi connectivity index (χ0n) is 10.0. The summed E-state index contributed by atoms with van der Waals surface area (Å²) >= 11 is 0. The fraction of sp³-hybridized carbons (Fsp3) is 0.571. The van der Waals surface area contributed by atoms with Crippen LogP contribution >= 0.6 is 0 Å². The summed E-state index contributed by atoms with van der Waals surface area (Å²) in [5, 5.41) is 0. The standard InChI is InChI=1S/C14H21NO/c1-11-7-8-14(16-13-5-2-6-13)12(10-11)4-3-9-15/h7-8,10,13H,2-6,9,15H2,1H3. The zero-order valence-corrected chi connectivity index (χ0v) is 10.0. The van der Waals surface area contributed by atoms with Gasteiger partial charge in [0.15, 0.2) is 0 Å². The lowest BCUT2D eigenvalue weighted by molar-refractivity contribution is 0.119. The van der Waals surface area contributed by atoms with Crippen LogP contribution in [0.5, 0.6) is 5.75 Å². The average molecular weight is 219 g/mol. The van der Waals surface area contributed by atoms with E-state index in [1.807, 2.05) is 0 Å². The van der Waals surface area contributed by atoms with Gasteiger partial charge in [0.1, 0.15) is 5.75 Å². The number of ether oxygens (including phenoxy) is 1. The molecule has 1 aromatic rings. The summed E-state index contributed by atoms with van der Waals surface area (Å²) in [7, 11) is 0. The summed E-state index contributed by atoms with van der Waals surface area (Å²) in [4.78, 5) is 0. The molecule has 1 aliphatic carbocycles. The highest BCUT2D eigenvalue weighted by Crippen LogP contribution is 2.28. The highest BCUT2D eigenvalue weighted by atomic mass is 16.5. The van der Waals surface area contributed by atoms with E-state index in [0.29, 0.717) is 6.10 Å². The van der Waals surface area contributed by atoms with Crippen molar-refractivity contribution in [3.63, 3.8) is 0 Å². The van der Waals surface area contributed by atoms with Gasteiger partial charge in [-0.05, 0) is 57.2 Å². The number of hydrogen-bond donors (Lipinski definition) is 1. The summed E-state index contributed by atoms with van der Waals surface area (Å²) in [6.07, 6.45) is 6.26. The second kappa shape index (κ2) is 5.35. The number of rotatable bonds is 5. The molecule has 1 saturated carbocycles. The summed E-state index contributed by atoms with van der Waals surface area (Å²) in [6, 6.07) is 6.46. The molecule has 16 heavy (non-hydrogen) atoms. The monoisotopic (exact) mass is 219 g/mol. The van der Waals surface area contributed by atoms with Crippen LogP contribution in [0.4, 0.5) is 0 Å². The first-order chi connectivity index (χ1) is 7.79. The molecule has 0 aromatic heterocycles. The van der Waals surface area contributed by atoms with E-state index < -0.39 is 0 Å². The van der Waals surface area contributed by atoms with Gasteiger partial charge in [0.05, 0.1) is 6.10 Å². The predicted molar refractivity (Wildman–Crippen MR) is 66.8 cm³/mol. The molecule has 2 N–H and O–H groups in total. The second-order valence-electron chi connectivity index (χ2n) is 4.67. The van der Waals surface area contributed by atoms with Gasteiger partial charge in [-0.25, -0.2) is 0 Å². The molecule has 1 fully saturated rings. The number of benzene rings is 1. The molecule has 0 atom stereocenters. The van der Waals surface area contributed by atoms with Crippen molar-refractivity contribution in [3.05, 3.63) is 29.3 Å². The Labute approximate surface area is 97.8 Å². The fourth-order valence-corrected chi connectivity index (χ4v) is 1.98. The second-order valence-corrected chi connectivity index (χ2v) is 4.67. The van der Waals surface area contributed by atoms with Crippen LogP contribution in [0.3, 0.4) is 0 Å². The van der Waals surface area contributed by atoms with Crippen LogP contribution in [0.15, 0.2) is 18.2 Å². The molecule has 0 heterocycles. The number of nitrogens with two attached hydrogens (primary N) is 1. The molecular weight excluding hydrogens is 198 g/mol. The summed E-state index contributed by atoms with van der Waals surface area (Å²) < 4.78 is 5.99. The normalized spacial score (nSPS) is 15.9. The molecule has 0 amide bonds. The maximum absolute atomic E-state index is 5.99. The lowest BCUT2D eigenvalue weighted by Crippen LogP contribution is -2.25. The van der Waals surface area contributed by atoms with Gasteiger partial charge < -0.3 is 10.5 Å². The summed E-state index contributed by atoms with van der Waals surface area (Å²) in [6.45, 7) is 2.87. The molecule has 1 aliphatic rings. The van der Waals surface area contributed by atoms with Gasteiger partial charge in [0.25, 0.3) is 0 Å². The van der Waals surface area contributed by atoms with E-state index in [0.717, 1.165) is 25.1 Å². The smallest absolute Gasteiger partial charge is 0.122 e. The zero-order chi connectivity index (χ0) is 11.4. The van der Waals surface area contributed by atoms with Crippen molar-refractivity contribution >= 4 is 0 Å². The van der Waals surface area contributed by atoms with E-state index >= 15 is 0 Å². The van der Waals surface area contributed by atoms with Crippen LogP contribution in [-0.4, -0.2) is 12.6 Å². The quantitative estimate of drug-likeness (QED) is 0.826. The molecule has 2 rings (SSSR count). The van der Waals surface area contributed by atoms with Crippen LogP contribution in [0, 0.1) is 6.92 Å². The van der Waals surface area contributed by atoms with Crippen LogP contribution in [-0.2, 0) is 6.42 Å². The van der Waals surface area contributed by atoms with Gasteiger partial charge in [0.2, 0.25) is 0 Å². The van der Waals surface area contributed by atoms with Crippen LogP contribution in [0.25, 0.3) is 0 Å². The Bertz CT molecular complexity index is 345. The van der Waals surface area contributed by atoms with Crippen molar-refractivity contribution < 1.29 is 4.74 Å². The molecule has 0 bridgehead atoms.